The second-order valence-corrected chi connectivity index (χ2v) is 9.46. The maximum atomic E-state index is 6.03. The van der Waals surface area contributed by atoms with Crippen molar-refractivity contribution in [1.82, 2.24) is 0 Å². The summed E-state index contributed by atoms with van der Waals surface area (Å²) in [7, 11) is 0. The third-order valence-electron chi connectivity index (χ3n) is 2.24. The lowest BCUT2D eigenvalue weighted by atomic mass is 10.3. The number of halogens is 7. The van der Waals surface area contributed by atoms with Crippen molar-refractivity contribution in [3.63, 3.8) is 0 Å². The zero-order valence-corrected chi connectivity index (χ0v) is 20.4. The monoisotopic (exact) mass is 715 g/mol. The van der Waals surface area contributed by atoms with Crippen LogP contribution in [0.2, 0.25) is 0 Å². The molecule has 8 heteroatoms. The van der Waals surface area contributed by atoms with E-state index in [1.165, 1.54) is 0 Å². The minimum atomic E-state index is 0.678. The first-order valence-corrected chi connectivity index (χ1v) is 10.5. The molecule has 0 amide bonds. The largest absolute Gasteiger partial charge is 0.454 e. The summed E-state index contributed by atoms with van der Waals surface area (Å²) in [5, 5.41) is 0. The highest BCUT2D eigenvalue weighted by molar-refractivity contribution is 9.14. The van der Waals surface area contributed by atoms with Gasteiger partial charge in [-0.3, -0.25) is 0 Å². The molecular weight excluding hydrogens is 719 g/mol. The third-order valence-corrected chi connectivity index (χ3v) is 8.57. The van der Waals surface area contributed by atoms with E-state index in [-0.39, 0.29) is 0 Å². The van der Waals surface area contributed by atoms with Crippen LogP contribution in [0.25, 0.3) is 0 Å². The van der Waals surface area contributed by atoms with Crippen LogP contribution in [0.15, 0.2) is 49.5 Å². The van der Waals surface area contributed by atoms with Crippen LogP contribution < -0.4 is 4.74 Å². The molecule has 0 aliphatic heterocycles. The molecule has 1 nitrogen and oxygen atoms in total. The Morgan fingerprint density at radius 3 is 1.65 bits per heavy atom. The lowest BCUT2D eigenvalue weighted by Crippen LogP contribution is -1.91. The Hall–Kier alpha value is 1.60. The zero-order chi connectivity index (χ0) is 15.0. The lowest BCUT2D eigenvalue weighted by molar-refractivity contribution is 0.472. The summed E-state index contributed by atoms with van der Waals surface area (Å²) in [4.78, 5) is 0. The molecule has 0 aliphatic rings. The summed E-state index contributed by atoms with van der Waals surface area (Å²) >= 11 is 24.5. The molecule has 0 aromatic heterocycles. The van der Waals surface area contributed by atoms with Crippen molar-refractivity contribution in [1.29, 1.82) is 0 Å². The molecule has 0 saturated carbocycles. The van der Waals surface area contributed by atoms with Crippen molar-refractivity contribution in [3.8, 4) is 11.5 Å². The van der Waals surface area contributed by atoms with Crippen LogP contribution in [0.1, 0.15) is 0 Å². The van der Waals surface area contributed by atoms with Gasteiger partial charge < -0.3 is 4.74 Å². The standard InChI is InChI=1S/C12H3Br7O/c13-4-1-5(14)9(17)8(2-4)20-12-10(18)6(15)3-7(16)11(12)19/h1-3H. The minimum Gasteiger partial charge on any atom is -0.454 e. The third kappa shape index (κ3) is 3.92. The number of hydrogen-bond donors (Lipinski definition) is 0. The number of benzene rings is 2. The predicted octanol–water partition coefficient (Wildman–Crippen LogP) is 8.82. The molecule has 0 fully saturated rings. The van der Waals surface area contributed by atoms with Gasteiger partial charge in [-0.25, -0.2) is 0 Å². The smallest absolute Gasteiger partial charge is 0.158 e. The summed E-state index contributed by atoms with van der Waals surface area (Å²) in [6.45, 7) is 0. The van der Waals surface area contributed by atoms with Gasteiger partial charge in [0.15, 0.2) is 5.75 Å². The van der Waals surface area contributed by atoms with Gasteiger partial charge in [-0.15, -0.1) is 0 Å². The first kappa shape index (κ1) is 17.9. The van der Waals surface area contributed by atoms with Crippen LogP contribution in [0.4, 0.5) is 0 Å². The van der Waals surface area contributed by atoms with E-state index in [0.717, 1.165) is 31.3 Å². The maximum Gasteiger partial charge on any atom is 0.158 e. The first-order valence-electron chi connectivity index (χ1n) is 4.96. The molecule has 0 bridgehead atoms. The van der Waals surface area contributed by atoms with Crippen LogP contribution >= 0.6 is 112 Å². The SMILES string of the molecule is Brc1cc(Br)c(Br)c(Oc2c(Br)c(Br)cc(Br)c2Br)c1. The molecule has 0 spiro atoms. The van der Waals surface area contributed by atoms with E-state index in [9.17, 15) is 0 Å². The molecule has 106 valence electrons. The van der Waals surface area contributed by atoms with Crippen LogP contribution in [0, 0.1) is 0 Å². The van der Waals surface area contributed by atoms with Gasteiger partial charge >= 0.3 is 0 Å². The summed E-state index contributed by atoms with van der Waals surface area (Å²) in [6.07, 6.45) is 0. The van der Waals surface area contributed by atoms with Crippen LogP contribution in [-0.2, 0) is 0 Å². The second kappa shape index (κ2) is 7.45. The van der Waals surface area contributed by atoms with Crippen molar-refractivity contribution in [2.75, 3.05) is 0 Å². The summed E-state index contributed by atoms with van der Waals surface area (Å²) in [5.41, 5.74) is 0. The van der Waals surface area contributed by atoms with Gasteiger partial charge in [-0.1, -0.05) is 15.9 Å². The van der Waals surface area contributed by atoms with E-state index < -0.39 is 0 Å². The molecular formula is C12H3Br7O. The predicted molar refractivity (Wildman–Crippen MR) is 107 cm³/mol. The van der Waals surface area contributed by atoms with Gasteiger partial charge in [-0.05, 0) is 114 Å². The molecule has 0 saturated heterocycles. The van der Waals surface area contributed by atoms with Crippen molar-refractivity contribution in [2.24, 2.45) is 0 Å². The number of ether oxygens (including phenoxy) is 1. The highest BCUT2D eigenvalue weighted by Crippen LogP contribution is 2.47. The van der Waals surface area contributed by atoms with E-state index >= 15 is 0 Å². The van der Waals surface area contributed by atoms with Gasteiger partial charge in [-0.2, -0.15) is 0 Å². The topological polar surface area (TPSA) is 9.23 Å². The van der Waals surface area contributed by atoms with Crippen molar-refractivity contribution < 1.29 is 4.74 Å². The quantitative estimate of drug-likeness (QED) is 0.282. The van der Waals surface area contributed by atoms with E-state index in [4.69, 9.17) is 4.74 Å². The summed E-state index contributed by atoms with van der Waals surface area (Å²) < 4.78 is 12.2. The van der Waals surface area contributed by atoms with Gasteiger partial charge in [0.2, 0.25) is 0 Å². The maximum absolute atomic E-state index is 6.03. The summed E-state index contributed by atoms with van der Waals surface area (Å²) in [5.74, 6) is 1.37. The Labute approximate surface area is 175 Å². The van der Waals surface area contributed by atoms with E-state index in [0.29, 0.717) is 11.5 Å². The summed E-state index contributed by atoms with van der Waals surface area (Å²) in [6, 6.07) is 5.77. The number of hydrogen-bond acceptors (Lipinski definition) is 1. The van der Waals surface area contributed by atoms with E-state index in [2.05, 4.69) is 112 Å². The van der Waals surface area contributed by atoms with Crippen molar-refractivity contribution in [2.45, 2.75) is 0 Å². The fraction of sp³-hybridized carbons (Fsp3) is 0. The average molecular weight is 722 g/mol. The van der Waals surface area contributed by atoms with E-state index in [1.54, 1.807) is 0 Å². The van der Waals surface area contributed by atoms with E-state index in [1.807, 2.05) is 18.2 Å². The van der Waals surface area contributed by atoms with Crippen molar-refractivity contribution >= 4 is 112 Å². The van der Waals surface area contributed by atoms with Gasteiger partial charge in [0.05, 0.1) is 13.4 Å². The molecule has 2 aromatic carbocycles. The molecule has 20 heavy (non-hydrogen) atoms. The van der Waals surface area contributed by atoms with Gasteiger partial charge in [0.1, 0.15) is 5.75 Å². The number of rotatable bonds is 2. The lowest BCUT2D eigenvalue weighted by Gasteiger charge is -2.14. The molecule has 2 rings (SSSR count). The molecule has 0 unspecified atom stereocenters. The molecule has 2 aromatic rings. The average Bonchev–Trinajstić information content (AvgIpc) is 2.37. The highest BCUT2D eigenvalue weighted by atomic mass is 79.9. The minimum absolute atomic E-state index is 0.678. The van der Waals surface area contributed by atoms with Crippen LogP contribution in [-0.4, -0.2) is 0 Å². The molecule has 0 atom stereocenters. The highest BCUT2D eigenvalue weighted by Gasteiger charge is 2.17. The molecule has 0 N–H and O–H groups in total. The Morgan fingerprint density at radius 1 is 0.600 bits per heavy atom. The van der Waals surface area contributed by atoms with Crippen LogP contribution in [0.3, 0.4) is 0 Å². The fourth-order valence-corrected chi connectivity index (χ4v) is 5.03. The Morgan fingerprint density at radius 2 is 1.10 bits per heavy atom. The Bertz CT molecular complexity index is 658. The van der Waals surface area contributed by atoms with Crippen molar-refractivity contribution in [3.05, 3.63) is 49.5 Å². The zero-order valence-electron chi connectivity index (χ0n) is 9.29. The fourth-order valence-electron chi connectivity index (χ4n) is 1.36. The molecule has 0 heterocycles. The first-order chi connectivity index (χ1) is 9.31. The van der Waals surface area contributed by atoms with Crippen LogP contribution in [0.5, 0.6) is 11.5 Å². The second-order valence-electron chi connectivity index (χ2n) is 3.60. The van der Waals surface area contributed by atoms with Gasteiger partial charge in [0, 0.05) is 17.9 Å². The molecule has 0 aliphatic carbocycles. The Kier molecular flexibility index (Phi) is 6.68. The molecule has 0 radical (unpaired) electrons. The normalized spacial score (nSPS) is 10.8. The Balaban J connectivity index is 2.56. The van der Waals surface area contributed by atoms with Gasteiger partial charge in [0.25, 0.3) is 0 Å².